The zero-order chi connectivity index (χ0) is 11.1. The van der Waals surface area contributed by atoms with Crippen LogP contribution in [0.5, 0.6) is 0 Å². The van der Waals surface area contributed by atoms with E-state index < -0.39 is 0 Å². The molecule has 0 saturated carbocycles. The van der Waals surface area contributed by atoms with Gasteiger partial charge in [0, 0.05) is 20.4 Å². The predicted molar refractivity (Wildman–Crippen MR) is 54.6 cm³/mol. The van der Waals surface area contributed by atoms with Gasteiger partial charge in [0.2, 0.25) is 5.91 Å². The summed E-state index contributed by atoms with van der Waals surface area (Å²) in [6, 6.07) is 0. The first-order valence-corrected chi connectivity index (χ1v) is 4.56. The van der Waals surface area contributed by atoms with Crippen LogP contribution in [0.3, 0.4) is 0 Å². The van der Waals surface area contributed by atoms with Gasteiger partial charge in [0.1, 0.15) is 6.61 Å². The van der Waals surface area contributed by atoms with E-state index in [2.05, 4.69) is 15.2 Å². The number of carbonyl (C=O) groups is 1. The van der Waals surface area contributed by atoms with Crippen molar-refractivity contribution in [1.29, 1.82) is 0 Å². The largest absolute Gasteiger partial charge is 0.383 e. The summed E-state index contributed by atoms with van der Waals surface area (Å²) in [6.45, 7) is 1.30. The summed E-state index contributed by atoms with van der Waals surface area (Å²) in [4.78, 5) is 11.1. The number of nitrogens with zero attached hydrogens (tertiary/aromatic N) is 2. The lowest BCUT2D eigenvalue weighted by atomic mass is 10.5. The van der Waals surface area contributed by atoms with E-state index in [0.717, 1.165) is 0 Å². The lowest BCUT2D eigenvalue weighted by molar-refractivity contribution is -0.119. The molecule has 84 valence electrons. The third-order valence-electron chi connectivity index (χ3n) is 1.72. The molecule has 0 aliphatic rings. The standard InChI is InChI=1S/C9H15N3O3/c1-14-4-3-12-6-8(5-10-12)11-9(13)7-15-2/h5-6H,3-4,7H2,1-2H3,(H,11,13). The van der Waals surface area contributed by atoms with Crippen LogP contribution in [0.1, 0.15) is 0 Å². The Hall–Kier alpha value is -1.40. The van der Waals surface area contributed by atoms with E-state index in [-0.39, 0.29) is 12.5 Å². The van der Waals surface area contributed by atoms with Crippen molar-refractivity contribution in [2.75, 3.05) is 32.8 Å². The molecule has 0 radical (unpaired) electrons. The minimum absolute atomic E-state index is 0.0449. The maximum absolute atomic E-state index is 11.1. The van der Waals surface area contributed by atoms with Crippen molar-refractivity contribution in [3.8, 4) is 0 Å². The van der Waals surface area contributed by atoms with Gasteiger partial charge in [-0.1, -0.05) is 0 Å². The summed E-state index contributed by atoms with van der Waals surface area (Å²) >= 11 is 0. The maximum Gasteiger partial charge on any atom is 0.250 e. The van der Waals surface area contributed by atoms with Crippen molar-refractivity contribution in [2.24, 2.45) is 0 Å². The van der Waals surface area contributed by atoms with Crippen LogP contribution in [0.15, 0.2) is 12.4 Å². The van der Waals surface area contributed by atoms with Gasteiger partial charge in [-0.15, -0.1) is 0 Å². The van der Waals surface area contributed by atoms with Crippen LogP contribution in [0.4, 0.5) is 5.69 Å². The molecule has 1 rings (SSSR count). The van der Waals surface area contributed by atoms with Gasteiger partial charge in [0.15, 0.2) is 0 Å². The van der Waals surface area contributed by atoms with E-state index in [0.29, 0.717) is 18.8 Å². The van der Waals surface area contributed by atoms with Gasteiger partial charge in [-0.25, -0.2) is 0 Å². The smallest absolute Gasteiger partial charge is 0.250 e. The SMILES string of the molecule is COCCn1cc(NC(=O)COC)cn1. The van der Waals surface area contributed by atoms with Gasteiger partial charge in [0.05, 0.1) is 25.0 Å². The fourth-order valence-electron chi connectivity index (χ4n) is 1.06. The normalized spacial score (nSPS) is 10.3. The number of amides is 1. The molecule has 0 unspecified atom stereocenters. The molecule has 0 spiro atoms. The van der Waals surface area contributed by atoms with Crippen LogP contribution in [0.25, 0.3) is 0 Å². The van der Waals surface area contributed by atoms with Gasteiger partial charge >= 0.3 is 0 Å². The van der Waals surface area contributed by atoms with Crippen LogP contribution in [-0.2, 0) is 20.8 Å². The highest BCUT2D eigenvalue weighted by Crippen LogP contribution is 2.04. The number of rotatable bonds is 6. The number of methoxy groups -OCH3 is 2. The number of carbonyl (C=O) groups excluding carboxylic acids is 1. The number of nitrogens with one attached hydrogen (secondary N) is 1. The summed E-state index contributed by atoms with van der Waals surface area (Å²) in [5, 5.41) is 6.70. The highest BCUT2D eigenvalue weighted by atomic mass is 16.5. The van der Waals surface area contributed by atoms with Crippen LogP contribution >= 0.6 is 0 Å². The van der Waals surface area contributed by atoms with E-state index >= 15 is 0 Å². The fourth-order valence-corrected chi connectivity index (χ4v) is 1.06. The number of hydrogen-bond donors (Lipinski definition) is 1. The molecule has 0 aliphatic carbocycles. The first-order chi connectivity index (χ1) is 7.26. The molecule has 0 bridgehead atoms. The summed E-state index contributed by atoms with van der Waals surface area (Å²) in [6.07, 6.45) is 3.33. The van der Waals surface area contributed by atoms with Crippen LogP contribution in [0, 0.1) is 0 Å². The molecule has 0 atom stereocenters. The van der Waals surface area contributed by atoms with Crippen LogP contribution in [0.2, 0.25) is 0 Å². The lowest BCUT2D eigenvalue weighted by Gasteiger charge is -2.00. The predicted octanol–water partition coefficient (Wildman–Crippen LogP) is 0.114. The van der Waals surface area contributed by atoms with Gasteiger partial charge in [0.25, 0.3) is 0 Å². The van der Waals surface area contributed by atoms with E-state index in [9.17, 15) is 4.79 Å². The zero-order valence-electron chi connectivity index (χ0n) is 8.90. The number of ether oxygens (including phenoxy) is 2. The molecule has 1 amide bonds. The first kappa shape index (κ1) is 11.7. The molecule has 6 heteroatoms. The van der Waals surface area contributed by atoms with Gasteiger partial charge in [-0.2, -0.15) is 5.10 Å². The van der Waals surface area contributed by atoms with Crippen molar-refractivity contribution in [1.82, 2.24) is 9.78 Å². The zero-order valence-corrected chi connectivity index (χ0v) is 8.90. The van der Waals surface area contributed by atoms with Crippen molar-refractivity contribution < 1.29 is 14.3 Å². The third-order valence-corrected chi connectivity index (χ3v) is 1.72. The van der Waals surface area contributed by atoms with E-state index in [4.69, 9.17) is 4.74 Å². The molecule has 15 heavy (non-hydrogen) atoms. The van der Waals surface area contributed by atoms with E-state index in [1.54, 1.807) is 24.2 Å². The second-order valence-electron chi connectivity index (χ2n) is 2.97. The summed E-state index contributed by atoms with van der Waals surface area (Å²) in [5.74, 6) is -0.191. The molecule has 0 aliphatic heterocycles. The Morgan fingerprint density at radius 2 is 2.33 bits per heavy atom. The summed E-state index contributed by atoms with van der Waals surface area (Å²) < 4.78 is 11.3. The quantitative estimate of drug-likeness (QED) is 0.728. The van der Waals surface area contributed by atoms with Crippen LogP contribution in [-0.4, -0.2) is 43.1 Å². The topological polar surface area (TPSA) is 65.4 Å². The van der Waals surface area contributed by atoms with Gasteiger partial charge in [-0.05, 0) is 0 Å². The lowest BCUT2D eigenvalue weighted by Crippen LogP contribution is -2.16. The molecular formula is C9H15N3O3. The van der Waals surface area contributed by atoms with Gasteiger partial charge < -0.3 is 14.8 Å². The minimum atomic E-state index is -0.191. The Morgan fingerprint density at radius 3 is 3.00 bits per heavy atom. The van der Waals surface area contributed by atoms with Crippen molar-refractivity contribution in [2.45, 2.75) is 6.54 Å². The average Bonchev–Trinajstić information content (AvgIpc) is 2.63. The second-order valence-corrected chi connectivity index (χ2v) is 2.97. The Balaban J connectivity index is 2.42. The minimum Gasteiger partial charge on any atom is -0.383 e. The average molecular weight is 213 g/mol. The molecule has 1 aromatic rings. The second kappa shape index (κ2) is 6.15. The Morgan fingerprint density at radius 1 is 1.53 bits per heavy atom. The molecule has 6 nitrogen and oxygen atoms in total. The summed E-state index contributed by atoms with van der Waals surface area (Å²) in [7, 11) is 3.10. The highest BCUT2D eigenvalue weighted by Gasteiger charge is 2.03. The number of hydrogen-bond acceptors (Lipinski definition) is 4. The maximum atomic E-state index is 11.1. The third kappa shape index (κ3) is 4.09. The molecule has 0 fully saturated rings. The fraction of sp³-hybridized carbons (Fsp3) is 0.556. The monoisotopic (exact) mass is 213 g/mol. The summed E-state index contributed by atoms with van der Waals surface area (Å²) in [5.41, 5.74) is 0.660. The number of aromatic nitrogens is 2. The van der Waals surface area contributed by atoms with Crippen molar-refractivity contribution >= 4 is 11.6 Å². The highest BCUT2D eigenvalue weighted by molar-refractivity contribution is 5.91. The van der Waals surface area contributed by atoms with Crippen LogP contribution < -0.4 is 5.32 Å². The molecule has 1 heterocycles. The first-order valence-electron chi connectivity index (χ1n) is 4.56. The molecule has 1 N–H and O–H groups in total. The van der Waals surface area contributed by atoms with Crippen molar-refractivity contribution in [3.63, 3.8) is 0 Å². The van der Waals surface area contributed by atoms with Crippen molar-refractivity contribution in [3.05, 3.63) is 12.4 Å². The van der Waals surface area contributed by atoms with E-state index in [1.807, 2.05) is 0 Å². The number of anilines is 1. The Kier molecular flexibility index (Phi) is 4.79. The Bertz CT molecular complexity index is 311. The Labute approximate surface area is 88.2 Å². The molecule has 1 aromatic heterocycles. The van der Waals surface area contributed by atoms with E-state index in [1.165, 1.54) is 7.11 Å². The molecule has 0 aromatic carbocycles. The molecule has 0 saturated heterocycles. The molecular weight excluding hydrogens is 198 g/mol. The van der Waals surface area contributed by atoms with Gasteiger partial charge in [-0.3, -0.25) is 9.48 Å².